The van der Waals surface area contributed by atoms with E-state index in [4.69, 9.17) is 30.6 Å². The average molecular weight is 723 g/mol. The fraction of sp³-hybridized carbons (Fsp3) is 0.517. The van der Waals surface area contributed by atoms with E-state index in [2.05, 4.69) is 25.1 Å². The minimum atomic E-state index is -5.02. The van der Waals surface area contributed by atoms with Crippen molar-refractivity contribution in [3.05, 3.63) is 40.4 Å². The van der Waals surface area contributed by atoms with Crippen molar-refractivity contribution in [2.75, 3.05) is 25.4 Å². The third-order valence-electron chi connectivity index (χ3n) is 8.63. The number of carboxylic acids is 1. The quantitative estimate of drug-likeness (QED) is 0.0699. The highest BCUT2D eigenvalue weighted by molar-refractivity contribution is 7.80. The number of anilines is 1. The van der Waals surface area contributed by atoms with Crippen LogP contribution in [0.25, 0.3) is 0 Å². The van der Waals surface area contributed by atoms with Crippen molar-refractivity contribution in [1.29, 1.82) is 0 Å². The molecule has 0 spiro atoms. The number of thiazole rings is 1. The minimum Gasteiger partial charge on any atom is -0.485 e. The number of hydrogen-bond acceptors (Lipinski definition) is 15. The molecule has 3 aliphatic rings. The summed E-state index contributed by atoms with van der Waals surface area (Å²) in [6.07, 6.45) is 1.60. The molecule has 4 atom stereocenters. The van der Waals surface area contributed by atoms with Crippen LogP contribution >= 0.6 is 11.3 Å². The van der Waals surface area contributed by atoms with Crippen LogP contribution in [0.3, 0.4) is 0 Å². The Morgan fingerprint density at radius 3 is 2.69 bits per heavy atom. The number of aryl methyl sites for hydroxylation is 1. The number of rotatable bonds is 13. The maximum Gasteiger partial charge on any atom is 0.418 e. The largest absolute Gasteiger partial charge is 0.485 e. The maximum atomic E-state index is 13.5. The van der Waals surface area contributed by atoms with E-state index in [0.29, 0.717) is 36.2 Å². The van der Waals surface area contributed by atoms with E-state index in [-0.39, 0.29) is 17.2 Å². The number of aliphatic carboxylic acids is 1. The molecule has 0 bridgehead atoms. The van der Waals surface area contributed by atoms with E-state index in [1.807, 2.05) is 12.1 Å². The fourth-order valence-electron chi connectivity index (χ4n) is 5.70. The lowest BCUT2D eigenvalue weighted by Crippen LogP contribution is -2.76. The molecular weight excluding hydrogens is 684 g/mol. The topological polar surface area (TPSA) is 270 Å². The predicted octanol–water partition coefficient (Wildman–Crippen LogP) is 0.228. The number of ether oxygens (including phenoxy) is 1. The van der Waals surface area contributed by atoms with Crippen molar-refractivity contribution in [2.45, 2.75) is 69.7 Å². The van der Waals surface area contributed by atoms with E-state index in [9.17, 15) is 27.9 Å². The molecule has 1 unspecified atom stereocenters. The molecule has 1 aromatic carbocycles. The number of oxime groups is 1. The molecule has 2 aromatic rings. The zero-order valence-corrected chi connectivity index (χ0v) is 28.5. The number of hydroxylamine groups is 2. The molecule has 0 radical (unpaired) electrons. The fourth-order valence-corrected chi connectivity index (χ4v) is 6.70. The monoisotopic (exact) mass is 722 g/mol. The highest BCUT2D eigenvalue weighted by Gasteiger charge is 2.58. The van der Waals surface area contributed by atoms with Gasteiger partial charge in [0.25, 0.3) is 17.4 Å². The van der Waals surface area contributed by atoms with Crippen LogP contribution in [0.5, 0.6) is 5.75 Å². The maximum absolute atomic E-state index is 13.5. The van der Waals surface area contributed by atoms with Crippen LogP contribution in [-0.2, 0) is 40.3 Å². The van der Waals surface area contributed by atoms with Crippen LogP contribution in [0.1, 0.15) is 56.9 Å². The van der Waals surface area contributed by atoms with Gasteiger partial charge in [0.15, 0.2) is 16.9 Å². The van der Waals surface area contributed by atoms with Crippen molar-refractivity contribution in [1.82, 2.24) is 20.7 Å². The number of nitrogens with one attached hydrogen (secondary N) is 2. The number of β-lactam (4-membered cyclic amide) rings is 1. The van der Waals surface area contributed by atoms with Crippen molar-refractivity contribution < 1.29 is 46.3 Å². The van der Waals surface area contributed by atoms with Crippen molar-refractivity contribution in [3.8, 4) is 5.75 Å². The predicted molar refractivity (Wildman–Crippen MR) is 176 cm³/mol. The van der Waals surface area contributed by atoms with Crippen LogP contribution in [0.4, 0.5) is 5.13 Å². The number of fused-ring (bicyclic) bond motifs is 1. The van der Waals surface area contributed by atoms with Gasteiger partial charge in [-0.05, 0) is 82.7 Å². The van der Waals surface area contributed by atoms with Gasteiger partial charge in [-0.15, -0.1) is 15.6 Å². The Balaban J connectivity index is 1.33. The van der Waals surface area contributed by atoms with Crippen LogP contribution in [0.15, 0.2) is 33.7 Å². The summed E-state index contributed by atoms with van der Waals surface area (Å²) in [4.78, 5) is 53.1. The first-order chi connectivity index (χ1) is 23.0. The molecule has 1 saturated heterocycles. The van der Waals surface area contributed by atoms with Crippen molar-refractivity contribution in [2.24, 2.45) is 21.8 Å². The van der Waals surface area contributed by atoms with Crippen LogP contribution < -0.4 is 26.8 Å². The number of amidine groups is 1. The Labute approximate surface area is 285 Å². The number of amides is 2. The molecule has 1 fully saturated rings. The zero-order valence-electron chi connectivity index (χ0n) is 26.9. The second-order valence-electron chi connectivity index (χ2n) is 12.5. The SMILES string of the molecule is CC1(C)[C@H](NC(=O)/C(=N\O[C@](C)(C(=O)O)[C@H]2CCc3cc(C4=NCC(CCCN)CN4)ccc3O2)c2csc(N)n2)C(=O)N1OS(=O)(=O)O. The molecule has 5 rings (SSSR count). The number of aliphatic imine (C=N–C) groups is 1. The second kappa shape index (κ2) is 13.9. The van der Waals surface area contributed by atoms with E-state index >= 15 is 0 Å². The molecule has 49 heavy (non-hydrogen) atoms. The number of aromatic nitrogens is 1. The molecule has 1 aromatic heterocycles. The zero-order chi connectivity index (χ0) is 35.7. The summed E-state index contributed by atoms with van der Waals surface area (Å²) >= 11 is 0.972. The van der Waals surface area contributed by atoms with E-state index in [1.165, 1.54) is 26.2 Å². The Hall–Kier alpha value is -4.37. The number of carbonyl (C=O) groups excluding carboxylic acids is 2. The number of carboxylic acid groups (broad SMARTS) is 1. The Bertz CT molecular complexity index is 1800. The van der Waals surface area contributed by atoms with Gasteiger partial charge in [0.05, 0.1) is 5.54 Å². The second-order valence-corrected chi connectivity index (χ2v) is 14.4. The summed E-state index contributed by atoms with van der Waals surface area (Å²) in [7, 11) is -5.02. The molecule has 0 saturated carbocycles. The van der Waals surface area contributed by atoms with Gasteiger partial charge < -0.3 is 36.8 Å². The highest BCUT2D eigenvalue weighted by Crippen LogP contribution is 2.35. The summed E-state index contributed by atoms with van der Waals surface area (Å²) in [5.74, 6) is -1.75. The summed E-state index contributed by atoms with van der Waals surface area (Å²) in [5.41, 5.74) is 9.03. The average Bonchev–Trinajstić information content (AvgIpc) is 3.49. The summed E-state index contributed by atoms with van der Waals surface area (Å²) in [5, 5.41) is 21.8. The Morgan fingerprint density at radius 1 is 1.35 bits per heavy atom. The van der Waals surface area contributed by atoms with E-state index < -0.39 is 57.2 Å². The molecule has 18 nitrogen and oxygen atoms in total. The third kappa shape index (κ3) is 7.62. The van der Waals surface area contributed by atoms with E-state index in [0.717, 1.165) is 47.7 Å². The van der Waals surface area contributed by atoms with Crippen molar-refractivity contribution in [3.63, 3.8) is 0 Å². The van der Waals surface area contributed by atoms with Crippen LogP contribution in [-0.4, -0.2) is 100 Å². The smallest absolute Gasteiger partial charge is 0.418 e. The van der Waals surface area contributed by atoms with Gasteiger partial charge in [0.2, 0.25) is 0 Å². The molecule has 266 valence electrons. The number of nitrogens with zero attached hydrogens (tertiary/aromatic N) is 4. The first-order valence-electron chi connectivity index (χ1n) is 15.3. The van der Waals surface area contributed by atoms with Gasteiger partial charge in [0, 0.05) is 24.0 Å². The Kier molecular flexibility index (Phi) is 10.2. The third-order valence-corrected chi connectivity index (χ3v) is 9.64. The number of hydrogen-bond donors (Lipinski definition) is 6. The molecule has 8 N–H and O–H groups in total. The first kappa shape index (κ1) is 35.9. The molecule has 4 heterocycles. The number of nitrogen functional groups attached to an aromatic ring is 1. The molecule has 3 aliphatic heterocycles. The van der Waals surface area contributed by atoms with Crippen molar-refractivity contribution >= 4 is 56.2 Å². The number of carbonyl (C=O) groups is 3. The van der Waals surface area contributed by atoms with Gasteiger partial charge in [-0.1, -0.05) is 5.16 Å². The van der Waals surface area contributed by atoms with Gasteiger partial charge >= 0.3 is 16.4 Å². The van der Waals surface area contributed by atoms with Crippen LogP contribution in [0.2, 0.25) is 0 Å². The number of benzene rings is 1. The lowest BCUT2D eigenvalue weighted by atomic mass is 9.84. The first-order valence-corrected chi connectivity index (χ1v) is 17.6. The minimum absolute atomic E-state index is 0.0664. The van der Waals surface area contributed by atoms with Gasteiger partial charge in [-0.3, -0.25) is 19.1 Å². The Morgan fingerprint density at radius 2 is 2.10 bits per heavy atom. The lowest BCUT2D eigenvalue weighted by Gasteiger charge is -2.50. The summed E-state index contributed by atoms with van der Waals surface area (Å²) in [6.45, 7) is 6.16. The summed E-state index contributed by atoms with van der Waals surface area (Å²) in [6, 6.07) is 4.21. The highest BCUT2D eigenvalue weighted by atomic mass is 32.3. The van der Waals surface area contributed by atoms with Gasteiger partial charge in [-0.25, -0.2) is 9.78 Å². The number of nitrogens with two attached hydrogens (primary N) is 2. The molecular formula is C29H38N8O10S2. The normalized spacial score (nSPS) is 23.2. The molecule has 2 amide bonds. The van der Waals surface area contributed by atoms with Gasteiger partial charge in [0.1, 0.15) is 23.3 Å². The van der Waals surface area contributed by atoms with Gasteiger partial charge in [-0.2, -0.15) is 13.5 Å². The van der Waals surface area contributed by atoms with E-state index in [1.54, 1.807) is 6.07 Å². The lowest BCUT2D eigenvalue weighted by molar-refractivity contribution is -0.218. The van der Waals surface area contributed by atoms with Crippen LogP contribution in [0, 0.1) is 5.92 Å². The molecule has 20 heteroatoms. The summed E-state index contributed by atoms with van der Waals surface area (Å²) < 4.78 is 41.8. The standard InChI is InChI=1S/C29H38N8O10S2/c1-28(2)22(25(39)37(28)47-49(42,43)44)35-24(38)21(18-14-48-27(31)34-18)36-46-29(3,26(40)41)20-9-7-16-11-17(6-8-19(16)45-20)23-32-12-15(13-33-23)5-4-10-30/h6,8,11,14-15,20,22H,4-5,7,9-10,12-13,30H2,1-3H3,(H2,31,34)(H,32,33)(H,35,38)(H,40,41)(H,42,43,44)/b36-21-/t20-,22-,29+/m1/s1. The molecule has 0 aliphatic carbocycles.